The van der Waals surface area contributed by atoms with Gasteiger partial charge in [-0.2, -0.15) is 5.10 Å². The molecule has 0 radical (unpaired) electrons. The molecule has 5 N–H and O–H groups in total. The summed E-state index contributed by atoms with van der Waals surface area (Å²) in [7, 11) is 0. The molecule has 2 aliphatic heterocycles. The van der Waals surface area contributed by atoms with E-state index in [0.29, 0.717) is 35.9 Å². The van der Waals surface area contributed by atoms with Crippen LogP contribution in [0, 0.1) is 0 Å². The Morgan fingerprint density at radius 2 is 2.03 bits per heavy atom. The van der Waals surface area contributed by atoms with Gasteiger partial charge in [0.1, 0.15) is 11.4 Å². The van der Waals surface area contributed by atoms with Crippen LogP contribution < -0.4 is 26.6 Å². The number of piperidine rings is 1. The number of aromatic nitrogens is 3. The number of ether oxygens (including phenoxy) is 1. The second kappa shape index (κ2) is 9.65. The van der Waals surface area contributed by atoms with Crippen molar-refractivity contribution < 1.29 is 14.3 Å². The van der Waals surface area contributed by atoms with Crippen LogP contribution in [0.1, 0.15) is 33.6 Å². The Kier molecular flexibility index (Phi) is 6.28. The smallest absolute Gasteiger partial charge is 0.261 e. The third-order valence-corrected chi connectivity index (χ3v) is 6.16. The van der Waals surface area contributed by atoms with Gasteiger partial charge in [-0.15, -0.1) is 0 Å². The highest BCUT2D eigenvalue weighted by atomic mass is 16.5. The lowest BCUT2D eigenvalue weighted by molar-refractivity contribution is 0.100. The SMILES string of the molecule is NC(=O)c1cc(N2CCOCC2)ccc1NC(=O)c1cnn2ccc(N[C@@H]3CCCNC3)nc12. The second-order valence-electron chi connectivity index (χ2n) is 8.47. The third kappa shape index (κ3) is 4.66. The molecule has 2 aliphatic rings. The normalized spacial score (nSPS) is 18.6. The first kappa shape index (κ1) is 22.1. The molecule has 4 heterocycles. The highest BCUT2D eigenvalue weighted by molar-refractivity contribution is 6.11. The Morgan fingerprint density at radius 3 is 2.79 bits per heavy atom. The number of carbonyl (C=O) groups is 2. The van der Waals surface area contributed by atoms with Crippen molar-refractivity contribution in [3.8, 4) is 0 Å². The van der Waals surface area contributed by atoms with Gasteiger partial charge in [-0.1, -0.05) is 0 Å². The van der Waals surface area contributed by atoms with Crippen LogP contribution in [0.4, 0.5) is 17.2 Å². The van der Waals surface area contributed by atoms with Gasteiger partial charge in [-0.25, -0.2) is 9.50 Å². The number of rotatable bonds is 6. The quantitative estimate of drug-likeness (QED) is 0.425. The molecule has 0 saturated carbocycles. The maximum absolute atomic E-state index is 13.1. The molecule has 3 aromatic rings. The van der Waals surface area contributed by atoms with Crippen molar-refractivity contribution in [1.29, 1.82) is 0 Å². The van der Waals surface area contributed by atoms with E-state index in [2.05, 4.69) is 30.9 Å². The number of fused-ring (bicyclic) bond motifs is 1. The first-order chi connectivity index (χ1) is 16.6. The Labute approximate surface area is 196 Å². The van der Waals surface area contributed by atoms with Gasteiger partial charge in [-0.3, -0.25) is 9.59 Å². The van der Waals surface area contributed by atoms with Gasteiger partial charge < -0.3 is 31.3 Å². The Morgan fingerprint density at radius 1 is 1.18 bits per heavy atom. The number of carbonyl (C=O) groups excluding carboxylic acids is 2. The summed E-state index contributed by atoms with van der Waals surface area (Å²) in [5.41, 5.74) is 7.81. The molecule has 0 aliphatic carbocycles. The summed E-state index contributed by atoms with van der Waals surface area (Å²) < 4.78 is 6.94. The molecule has 11 nitrogen and oxygen atoms in total. The van der Waals surface area contributed by atoms with E-state index in [9.17, 15) is 9.59 Å². The van der Waals surface area contributed by atoms with E-state index in [1.165, 1.54) is 6.20 Å². The molecule has 2 aromatic heterocycles. The number of nitrogens with one attached hydrogen (secondary N) is 3. The number of morpholine rings is 1. The first-order valence-electron chi connectivity index (χ1n) is 11.5. The van der Waals surface area contributed by atoms with E-state index >= 15 is 0 Å². The summed E-state index contributed by atoms with van der Waals surface area (Å²) in [6, 6.07) is 7.39. The average molecular weight is 465 g/mol. The molecule has 1 aromatic carbocycles. The van der Waals surface area contributed by atoms with Gasteiger partial charge >= 0.3 is 0 Å². The van der Waals surface area contributed by atoms with Gasteiger partial charge in [0.25, 0.3) is 11.8 Å². The molecule has 2 fully saturated rings. The van der Waals surface area contributed by atoms with Crippen LogP contribution in [0.3, 0.4) is 0 Å². The van der Waals surface area contributed by atoms with E-state index in [1.807, 2.05) is 12.1 Å². The van der Waals surface area contributed by atoms with Crippen LogP contribution in [-0.2, 0) is 4.74 Å². The molecular weight excluding hydrogens is 436 g/mol. The maximum atomic E-state index is 13.1. The van der Waals surface area contributed by atoms with E-state index in [0.717, 1.165) is 44.7 Å². The lowest BCUT2D eigenvalue weighted by Crippen LogP contribution is -2.38. The predicted octanol–water partition coefficient (Wildman–Crippen LogP) is 1.08. The van der Waals surface area contributed by atoms with Crippen LogP contribution >= 0.6 is 0 Å². The molecule has 0 bridgehead atoms. The summed E-state index contributed by atoms with van der Waals surface area (Å²) in [4.78, 5) is 32.0. The third-order valence-electron chi connectivity index (χ3n) is 6.16. The van der Waals surface area contributed by atoms with E-state index in [-0.39, 0.29) is 11.6 Å². The molecule has 0 spiro atoms. The highest BCUT2D eigenvalue weighted by Gasteiger charge is 2.20. The van der Waals surface area contributed by atoms with Crippen LogP contribution in [0.15, 0.2) is 36.7 Å². The molecule has 0 unspecified atom stereocenters. The van der Waals surface area contributed by atoms with Crippen molar-refractivity contribution in [2.75, 3.05) is 54.9 Å². The van der Waals surface area contributed by atoms with Crippen LogP contribution in [0.2, 0.25) is 0 Å². The second-order valence-corrected chi connectivity index (χ2v) is 8.47. The average Bonchev–Trinajstić information content (AvgIpc) is 3.29. The number of amides is 2. The number of hydrogen-bond acceptors (Lipinski definition) is 8. The summed E-state index contributed by atoms with van der Waals surface area (Å²) in [6.45, 7) is 4.60. The summed E-state index contributed by atoms with van der Waals surface area (Å²) >= 11 is 0. The monoisotopic (exact) mass is 464 g/mol. The molecule has 2 saturated heterocycles. The zero-order valence-corrected chi connectivity index (χ0v) is 18.8. The standard InChI is InChI=1S/C23H28N8O3/c24-21(32)17-12-16(30-8-10-34-11-9-30)3-4-19(17)28-23(33)18-14-26-31-7-5-20(29-22(18)31)27-15-2-1-6-25-13-15/h3-5,7,12,14-15,25H,1-2,6,8-11,13H2,(H2,24,32)(H,27,29)(H,28,33)/t15-/m1/s1. The van der Waals surface area contributed by atoms with E-state index < -0.39 is 11.8 Å². The summed E-state index contributed by atoms with van der Waals surface area (Å²) in [5, 5.41) is 13.8. The lowest BCUT2D eigenvalue weighted by Gasteiger charge is -2.29. The fraction of sp³-hybridized carbons (Fsp3) is 0.391. The largest absolute Gasteiger partial charge is 0.378 e. The van der Waals surface area contributed by atoms with Crippen molar-refractivity contribution in [1.82, 2.24) is 19.9 Å². The lowest BCUT2D eigenvalue weighted by atomic mass is 10.1. The van der Waals surface area contributed by atoms with Gasteiger partial charge in [0, 0.05) is 37.6 Å². The number of nitrogens with two attached hydrogens (primary N) is 1. The van der Waals surface area contributed by atoms with Crippen molar-refractivity contribution in [3.63, 3.8) is 0 Å². The van der Waals surface area contributed by atoms with E-state index in [4.69, 9.17) is 10.5 Å². The number of primary amides is 1. The molecule has 34 heavy (non-hydrogen) atoms. The summed E-state index contributed by atoms with van der Waals surface area (Å²) in [6.07, 6.45) is 5.40. The van der Waals surface area contributed by atoms with Crippen molar-refractivity contribution in [2.24, 2.45) is 5.73 Å². The minimum Gasteiger partial charge on any atom is -0.378 e. The Bertz CT molecular complexity index is 1200. The van der Waals surface area contributed by atoms with Gasteiger partial charge in [-0.05, 0) is 43.7 Å². The minimum absolute atomic E-state index is 0.244. The van der Waals surface area contributed by atoms with Crippen molar-refractivity contribution in [3.05, 3.63) is 47.8 Å². The van der Waals surface area contributed by atoms with Crippen LogP contribution in [0.25, 0.3) is 5.65 Å². The van der Waals surface area contributed by atoms with Crippen LogP contribution in [0.5, 0.6) is 0 Å². The fourth-order valence-electron chi connectivity index (χ4n) is 4.35. The van der Waals surface area contributed by atoms with Gasteiger partial charge in [0.15, 0.2) is 5.65 Å². The van der Waals surface area contributed by atoms with Crippen molar-refractivity contribution >= 4 is 34.7 Å². The minimum atomic E-state index is -0.615. The number of nitrogens with zero attached hydrogens (tertiary/aromatic N) is 4. The van der Waals surface area contributed by atoms with Gasteiger partial charge in [0.2, 0.25) is 0 Å². The van der Waals surface area contributed by atoms with E-state index in [1.54, 1.807) is 22.8 Å². The number of anilines is 3. The first-order valence-corrected chi connectivity index (χ1v) is 11.5. The topological polar surface area (TPSA) is 139 Å². The summed E-state index contributed by atoms with van der Waals surface area (Å²) in [5.74, 6) is -0.347. The number of hydrogen-bond donors (Lipinski definition) is 4. The molecule has 1 atom stereocenters. The fourth-order valence-corrected chi connectivity index (χ4v) is 4.35. The zero-order valence-electron chi connectivity index (χ0n) is 18.8. The van der Waals surface area contributed by atoms with Crippen LogP contribution in [-0.4, -0.2) is 71.8 Å². The molecule has 2 amide bonds. The van der Waals surface area contributed by atoms with Gasteiger partial charge in [0.05, 0.1) is 30.7 Å². The Hall–Kier alpha value is -3.70. The van der Waals surface area contributed by atoms with Crippen molar-refractivity contribution in [2.45, 2.75) is 18.9 Å². The molecule has 5 rings (SSSR count). The molecule has 178 valence electrons. The number of benzene rings is 1. The zero-order chi connectivity index (χ0) is 23.5. The highest BCUT2D eigenvalue weighted by Crippen LogP contribution is 2.25. The molecule has 11 heteroatoms. The Balaban J connectivity index is 1.37. The molecular formula is C23H28N8O3. The maximum Gasteiger partial charge on any atom is 0.261 e. The predicted molar refractivity (Wildman–Crippen MR) is 128 cm³/mol.